The molecule has 3 aromatic rings. The predicted octanol–water partition coefficient (Wildman–Crippen LogP) is 3.41. The van der Waals surface area contributed by atoms with Crippen LogP contribution in [0, 0.1) is 0 Å². The van der Waals surface area contributed by atoms with Crippen LogP contribution in [0.2, 0.25) is 0 Å². The van der Waals surface area contributed by atoms with Gasteiger partial charge in [0.1, 0.15) is 5.76 Å². The van der Waals surface area contributed by atoms with Crippen LogP contribution >= 0.6 is 0 Å². The van der Waals surface area contributed by atoms with Gasteiger partial charge in [-0.15, -0.1) is 0 Å². The van der Waals surface area contributed by atoms with Gasteiger partial charge in [0, 0.05) is 24.4 Å². The van der Waals surface area contributed by atoms with Crippen LogP contribution in [0.4, 0.5) is 5.69 Å². The fourth-order valence-electron chi connectivity index (χ4n) is 3.02. The zero-order valence-electron chi connectivity index (χ0n) is 12.3. The van der Waals surface area contributed by atoms with Crippen molar-refractivity contribution in [2.45, 2.75) is 31.8 Å². The summed E-state index contributed by atoms with van der Waals surface area (Å²) in [6.45, 7) is 0.685. The van der Waals surface area contributed by atoms with Gasteiger partial charge < -0.3 is 9.73 Å². The van der Waals surface area contributed by atoms with Crippen molar-refractivity contribution in [1.82, 2.24) is 14.8 Å². The van der Waals surface area contributed by atoms with E-state index < -0.39 is 0 Å². The number of hydrogen-bond donors (Lipinski definition) is 1. The highest BCUT2D eigenvalue weighted by molar-refractivity contribution is 5.43. The molecule has 0 saturated carbocycles. The predicted molar refractivity (Wildman–Crippen MR) is 83.6 cm³/mol. The molecule has 0 fully saturated rings. The zero-order chi connectivity index (χ0) is 14.8. The molecule has 22 heavy (non-hydrogen) atoms. The molecule has 3 heterocycles. The third-order valence-electron chi connectivity index (χ3n) is 4.08. The van der Waals surface area contributed by atoms with Gasteiger partial charge in [0.2, 0.25) is 0 Å². The molecule has 5 nitrogen and oxygen atoms in total. The quantitative estimate of drug-likeness (QED) is 0.801. The number of hydrogen-bond acceptors (Lipinski definition) is 4. The van der Waals surface area contributed by atoms with Gasteiger partial charge >= 0.3 is 0 Å². The summed E-state index contributed by atoms with van der Waals surface area (Å²) in [7, 11) is 0. The van der Waals surface area contributed by atoms with Gasteiger partial charge in [-0.2, -0.15) is 5.10 Å². The lowest BCUT2D eigenvalue weighted by atomic mass is 9.93. The first-order valence-electron chi connectivity index (χ1n) is 7.63. The number of nitrogens with one attached hydrogen (secondary N) is 1. The molecular weight excluding hydrogens is 276 g/mol. The Morgan fingerprint density at radius 2 is 2.32 bits per heavy atom. The van der Waals surface area contributed by atoms with Crippen LogP contribution in [0.1, 0.15) is 35.9 Å². The van der Waals surface area contributed by atoms with E-state index >= 15 is 0 Å². The molecule has 5 heteroatoms. The molecule has 0 saturated heterocycles. The van der Waals surface area contributed by atoms with E-state index in [2.05, 4.69) is 21.5 Å². The molecule has 0 radical (unpaired) electrons. The molecule has 0 aliphatic heterocycles. The van der Waals surface area contributed by atoms with E-state index in [1.165, 1.54) is 5.56 Å². The average Bonchev–Trinajstić information content (AvgIpc) is 3.18. The summed E-state index contributed by atoms with van der Waals surface area (Å²) < 4.78 is 7.45. The van der Waals surface area contributed by atoms with Crippen molar-refractivity contribution >= 4 is 5.69 Å². The van der Waals surface area contributed by atoms with Crippen LogP contribution in [0.15, 0.2) is 53.5 Å². The van der Waals surface area contributed by atoms with E-state index in [4.69, 9.17) is 4.42 Å². The van der Waals surface area contributed by atoms with Gasteiger partial charge in [-0.3, -0.25) is 9.67 Å². The van der Waals surface area contributed by atoms with Crippen molar-refractivity contribution in [1.29, 1.82) is 0 Å². The largest absolute Gasteiger partial charge is 0.469 e. The molecule has 1 aliphatic carbocycles. The van der Waals surface area contributed by atoms with Crippen molar-refractivity contribution in [2.75, 3.05) is 5.32 Å². The van der Waals surface area contributed by atoms with Crippen LogP contribution in [0.5, 0.6) is 0 Å². The molecule has 0 amide bonds. The van der Waals surface area contributed by atoms with E-state index in [0.717, 1.165) is 36.4 Å². The second kappa shape index (κ2) is 5.67. The maximum Gasteiger partial charge on any atom is 0.109 e. The minimum Gasteiger partial charge on any atom is -0.469 e. The normalized spacial score (nSPS) is 17.2. The van der Waals surface area contributed by atoms with Crippen molar-refractivity contribution in [3.63, 3.8) is 0 Å². The van der Waals surface area contributed by atoms with Crippen LogP contribution in [-0.2, 0) is 13.0 Å². The summed E-state index contributed by atoms with van der Waals surface area (Å²) in [5.74, 6) is 1.12. The van der Waals surface area contributed by atoms with E-state index in [9.17, 15) is 0 Å². The molecule has 1 atom stereocenters. The number of nitrogens with zero attached hydrogens (tertiary/aromatic N) is 3. The summed E-state index contributed by atoms with van der Waals surface area (Å²) in [6.07, 6.45) is 10.8. The van der Waals surface area contributed by atoms with E-state index in [1.54, 1.807) is 12.5 Å². The van der Waals surface area contributed by atoms with Gasteiger partial charge in [0.15, 0.2) is 0 Å². The summed E-state index contributed by atoms with van der Waals surface area (Å²) in [5, 5.41) is 7.98. The summed E-state index contributed by atoms with van der Waals surface area (Å²) in [5.41, 5.74) is 3.32. The molecule has 0 spiro atoms. The smallest absolute Gasteiger partial charge is 0.109 e. The minimum atomic E-state index is 0.315. The highest BCUT2D eigenvalue weighted by Gasteiger charge is 2.22. The van der Waals surface area contributed by atoms with E-state index in [0.29, 0.717) is 12.6 Å². The van der Waals surface area contributed by atoms with Crippen molar-refractivity contribution in [2.24, 2.45) is 0 Å². The monoisotopic (exact) mass is 294 g/mol. The Balaban J connectivity index is 1.47. The standard InChI is InChI=1S/C17H18N4O/c1-2-8-18-13(4-1)11-21-12-14(10-19-21)20-16-5-3-6-17-15(16)7-9-22-17/h1-2,4,7-10,12,16,20H,3,5-6,11H2/t16-/m1/s1. The first-order chi connectivity index (χ1) is 10.9. The maximum absolute atomic E-state index is 5.54. The number of aryl methyl sites for hydroxylation is 1. The fraction of sp³-hybridized carbons (Fsp3) is 0.294. The number of fused-ring (bicyclic) bond motifs is 1. The third kappa shape index (κ3) is 2.62. The van der Waals surface area contributed by atoms with Gasteiger partial charge in [0.05, 0.1) is 36.4 Å². The topological polar surface area (TPSA) is 55.9 Å². The molecule has 0 unspecified atom stereocenters. The summed E-state index contributed by atoms with van der Waals surface area (Å²) in [6, 6.07) is 8.31. The third-order valence-corrected chi connectivity index (χ3v) is 4.08. The van der Waals surface area contributed by atoms with Gasteiger partial charge in [-0.25, -0.2) is 0 Å². The number of anilines is 1. The highest BCUT2D eigenvalue weighted by atomic mass is 16.3. The lowest BCUT2D eigenvalue weighted by Crippen LogP contribution is -2.15. The average molecular weight is 294 g/mol. The fourth-order valence-corrected chi connectivity index (χ4v) is 3.02. The zero-order valence-corrected chi connectivity index (χ0v) is 12.3. The molecular formula is C17H18N4O. The Morgan fingerprint density at radius 1 is 1.32 bits per heavy atom. The Morgan fingerprint density at radius 3 is 3.23 bits per heavy atom. The lowest BCUT2D eigenvalue weighted by Gasteiger charge is -2.22. The number of pyridine rings is 1. The minimum absolute atomic E-state index is 0.315. The maximum atomic E-state index is 5.54. The summed E-state index contributed by atoms with van der Waals surface area (Å²) >= 11 is 0. The number of rotatable bonds is 4. The number of aromatic nitrogens is 3. The van der Waals surface area contributed by atoms with Crippen molar-refractivity contribution in [3.05, 3.63) is 66.1 Å². The first-order valence-corrected chi connectivity index (χ1v) is 7.63. The van der Waals surface area contributed by atoms with Crippen LogP contribution < -0.4 is 5.32 Å². The lowest BCUT2D eigenvalue weighted by molar-refractivity contribution is 0.461. The number of furan rings is 1. The Hall–Kier alpha value is -2.56. The molecule has 0 bridgehead atoms. The van der Waals surface area contributed by atoms with Crippen LogP contribution in [-0.4, -0.2) is 14.8 Å². The Bertz CT molecular complexity index is 747. The van der Waals surface area contributed by atoms with Crippen LogP contribution in [0.3, 0.4) is 0 Å². The second-order valence-electron chi connectivity index (χ2n) is 5.64. The Kier molecular flexibility index (Phi) is 3.39. The molecule has 3 aromatic heterocycles. The summed E-state index contributed by atoms with van der Waals surface area (Å²) in [4.78, 5) is 4.33. The molecule has 0 aromatic carbocycles. The first kappa shape index (κ1) is 13.1. The molecule has 1 N–H and O–H groups in total. The van der Waals surface area contributed by atoms with Crippen LogP contribution in [0.25, 0.3) is 0 Å². The molecule has 112 valence electrons. The van der Waals surface area contributed by atoms with E-state index in [-0.39, 0.29) is 0 Å². The van der Waals surface area contributed by atoms with Gasteiger partial charge in [0.25, 0.3) is 0 Å². The van der Waals surface area contributed by atoms with Crippen molar-refractivity contribution < 1.29 is 4.42 Å². The van der Waals surface area contributed by atoms with E-state index in [1.807, 2.05) is 35.3 Å². The second-order valence-corrected chi connectivity index (χ2v) is 5.64. The molecule has 4 rings (SSSR count). The Labute approximate surface area is 129 Å². The van der Waals surface area contributed by atoms with Gasteiger partial charge in [-0.05, 0) is 31.0 Å². The van der Waals surface area contributed by atoms with Gasteiger partial charge in [-0.1, -0.05) is 6.07 Å². The SMILES string of the molecule is c1ccc(Cn2cc(N[C@@H]3CCCc4occc43)cn2)nc1. The van der Waals surface area contributed by atoms with Crippen molar-refractivity contribution in [3.8, 4) is 0 Å². The molecule has 1 aliphatic rings. The highest BCUT2D eigenvalue weighted by Crippen LogP contribution is 2.33.